The molecule has 0 spiro atoms. The molecule has 9 heteroatoms. The monoisotopic (exact) mass is 497 g/mol. The molecule has 1 aliphatic heterocycles. The molecule has 0 saturated carbocycles. The van der Waals surface area contributed by atoms with Gasteiger partial charge in [0, 0.05) is 12.1 Å². The highest BCUT2D eigenvalue weighted by atomic mass is 19.4. The number of hydrogen-bond acceptors (Lipinski definition) is 5. The van der Waals surface area contributed by atoms with Crippen LogP contribution in [0.1, 0.15) is 28.3 Å². The summed E-state index contributed by atoms with van der Waals surface area (Å²) < 4.78 is 50.2. The van der Waals surface area contributed by atoms with E-state index in [0.29, 0.717) is 17.1 Å². The fourth-order valence-corrected chi connectivity index (χ4v) is 4.21. The lowest BCUT2D eigenvalue weighted by molar-refractivity contribution is -0.140. The van der Waals surface area contributed by atoms with Crippen molar-refractivity contribution < 1.29 is 37.3 Å². The van der Waals surface area contributed by atoms with Gasteiger partial charge in [-0.2, -0.15) is 13.2 Å². The highest BCUT2D eigenvalue weighted by Gasteiger charge is 2.46. The Morgan fingerprint density at radius 1 is 0.917 bits per heavy atom. The second kappa shape index (κ2) is 9.77. The molecule has 1 unspecified atom stereocenters. The summed E-state index contributed by atoms with van der Waals surface area (Å²) in [6.45, 7) is -0.267. The number of hydrogen-bond donors (Lipinski definition) is 1. The molecule has 0 radical (unpaired) electrons. The molecule has 6 nitrogen and oxygen atoms in total. The van der Waals surface area contributed by atoms with Crippen LogP contribution in [0, 0.1) is 0 Å². The van der Waals surface area contributed by atoms with Crippen LogP contribution in [-0.4, -0.2) is 35.9 Å². The Balaban J connectivity index is 1.83. The smallest absolute Gasteiger partial charge is 0.416 e. The average molecular weight is 497 g/mol. The van der Waals surface area contributed by atoms with E-state index in [1.807, 2.05) is 0 Å². The van der Waals surface area contributed by atoms with Crippen molar-refractivity contribution in [1.82, 2.24) is 4.90 Å². The van der Waals surface area contributed by atoms with Crippen LogP contribution in [0.4, 0.5) is 13.2 Å². The summed E-state index contributed by atoms with van der Waals surface area (Å²) in [7, 11) is 2.87. The second-order valence-corrected chi connectivity index (χ2v) is 8.11. The fourth-order valence-electron chi connectivity index (χ4n) is 4.21. The van der Waals surface area contributed by atoms with Crippen LogP contribution in [0.15, 0.2) is 78.4 Å². The molecule has 36 heavy (non-hydrogen) atoms. The molecule has 1 N–H and O–H groups in total. The maximum Gasteiger partial charge on any atom is 0.416 e. The Morgan fingerprint density at radius 3 is 2.25 bits per heavy atom. The third-order valence-corrected chi connectivity index (χ3v) is 5.92. The van der Waals surface area contributed by atoms with Crippen molar-refractivity contribution in [2.24, 2.45) is 0 Å². The number of likely N-dealkylation sites (tertiary alicyclic amines) is 1. The minimum absolute atomic E-state index is 0.176. The number of ether oxygens (including phenoxy) is 2. The first kappa shape index (κ1) is 24.8. The van der Waals surface area contributed by atoms with E-state index < -0.39 is 35.2 Å². The lowest BCUT2D eigenvalue weighted by Crippen LogP contribution is -2.29. The topological polar surface area (TPSA) is 76.1 Å². The van der Waals surface area contributed by atoms with Gasteiger partial charge in [-0.1, -0.05) is 42.5 Å². The minimum Gasteiger partial charge on any atom is -0.507 e. The van der Waals surface area contributed by atoms with E-state index in [2.05, 4.69) is 0 Å². The van der Waals surface area contributed by atoms with Gasteiger partial charge in [0.15, 0.2) is 11.5 Å². The first-order chi connectivity index (χ1) is 17.2. The maximum absolute atomic E-state index is 13.2. The largest absolute Gasteiger partial charge is 0.507 e. The van der Waals surface area contributed by atoms with Crippen LogP contribution in [0.2, 0.25) is 0 Å². The van der Waals surface area contributed by atoms with E-state index in [-0.39, 0.29) is 23.2 Å². The van der Waals surface area contributed by atoms with Crippen LogP contribution < -0.4 is 9.47 Å². The highest BCUT2D eigenvalue weighted by Crippen LogP contribution is 2.41. The van der Waals surface area contributed by atoms with Crippen molar-refractivity contribution in [3.8, 4) is 11.5 Å². The van der Waals surface area contributed by atoms with Gasteiger partial charge in [-0.25, -0.2) is 0 Å². The molecule has 1 fully saturated rings. The molecule has 1 atom stereocenters. The number of amides is 1. The molecule has 1 aliphatic rings. The predicted octanol–water partition coefficient (Wildman–Crippen LogP) is 5.34. The van der Waals surface area contributed by atoms with E-state index in [0.717, 1.165) is 12.1 Å². The zero-order valence-electron chi connectivity index (χ0n) is 19.4. The Kier molecular flexibility index (Phi) is 6.74. The molecule has 3 aromatic carbocycles. The summed E-state index contributed by atoms with van der Waals surface area (Å²) in [5, 5.41) is 11.2. The van der Waals surface area contributed by atoms with Gasteiger partial charge in [-0.05, 0) is 41.5 Å². The van der Waals surface area contributed by atoms with Crippen LogP contribution >= 0.6 is 0 Å². The van der Waals surface area contributed by atoms with Crippen molar-refractivity contribution >= 4 is 17.4 Å². The van der Waals surface area contributed by atoms with E-state index in [1.54, 1.807) is 36.4 Å². The average Bonchev–Trinajstić information content (AvgIpc) is 3.13. The number of aliphatic hydroxyl groups is 1. The van der Waals surface area contributed by atoms with Crippen molar-refractivity contribution in [3.05, 3.63) is 101 Å². The number of nitrogens with zero attached hydrogens (tertiary/aromatic N) is 1. The molecular formula is C27H22F3NO5. The summed E-state index contributed by atoms with van der Waals surface area (Å²) in [4.78, 5) is 27.4. The van der Waals surface area contributed by atoms with Crippen molar-refractivity contribution in [1.29, 1.82) is 0 Å². The first-order valence-corrected chi connectivity index (χ1v) is 10.9. The summed E-state index contributed by atoms with van der Waals surface area (Å²) >= 11 is 0. The maximum atomic E-state index is 13.2. The van der Waals surface area contributed by atoms with Crippen LogP contribution in [0.25, 0.3) is 5.76 Å². The Hall–Kier alpha value is -4.27. The summed E-state index contributed by atoms with van der Waals surface area (Å²) in [6.07, 6.45) is -4.56. The van der Waals surface area contributed by atoms with E-state index >= 15 is 0 Å². The Bertz CT molecular complexity index is 1330. The van der Waals surface area contributed by atoms with Crippen LogP contribution in [-0.2, 0) is 22.3 Å². The molecule has 1 amide bonds. The molecule has 0 aliphatic carbocycles. The number of halogens is 3. The van der Waals surface area contributed by atoms with Crippen LogP contribution in [0.3, 0.4) is 0 Å². The summed E-state index contributed by atoms with van der Waals surface area (Å²) in [5.41, 5.74) is -0.112. The lowest BCUT2D eigenvalue weighted by atomic mass is 9.95. The number of methoxy groups -OCH3 is 2. The first-order valence-electron chi connectivity index (χ1n) is 10.9. The van der Waals surface area contributed by atoms with Crippen molar-refractivity contribution in [3.63, 3.8) is 0 Å². The molecule has 0 aromatic heterocycles. The van der Waals surface area contributed by atoms with Gasteiger partial charge >= 0.3 is 6.18 Å². The SMILES string of the molecule is COc1ccc(/C(O)=C2\C(=O)C(=O)N(Cc3cccc(C(F)(F)F)c3)C2c2ccccc2)cc1OC. The quantitative estimate of drug-likeness (QED) is 0.283. The van der Waals surface area contributed by atoms with Gasteiger partial charge < -0.3 is 19.5 Å². The number of rotatable bonds is 6. The number of aliphatic hydroxyl groups excluding tert-OH is 1. The molecular weight excluding hydrogens is 475 g/mol. The van der Waals surface area contributed by atoms with Crippen molar-refractivity contribution in [2.45, 2.75) is 18.8 Å². The van der Waals surface area contributed by atoms with E-state index in [9.17, 15) is 27.9 Å². The summed E-state index contributed by atoms with van der Waals surface area (Å²) in [5.74, 6) is -1.60. The van der Waals surface area contributed by atoms with Gasteiger partial charge in [0.05, 0.1) is 31.4 Å². The van der Waals surface area contributed by atoms with Gasteiger partial charge in [0.1, 0.15) is 5.76 Å². The number of benzene rings is 3. The third kappa shape index (κ3) is 4.64. The molecule has 1 saturated heterocycles. The minimum atomic E-state index is -4.56. The van der Waals surface area contributed by atoms with Gasteiger partial charge in [-0.15, -0.1) is 0 Å². The van der Waals surface area contributed by atoms with E-state index in [1.165, 1.54) is 43.4 Å². The zero-order chi connectivity index (χ0) is 26.0. The molecule has 1 heterocycles. The van der Waals surface area contributed by atoms with Gasteiger partial charge in [0.25, 0.3) is 11.7 Å². The standard InChI is InChI=1S/C27H22F3NO5/c1-35-20-12-11-18(14-21(20)36-2)24(32)22-23(17-8-4-3-5-9-17)31(26(34)25(22)33)15-16-7-6-10-19(13-16)27(28,29)30/h3-14,23,32H,15H2,1-2H3/b24-22+. The van der Waals surface area contributed by atoms with Gasteiger partial charge in [-0.3, -0.25) is 9.59 Å². The molecule has 4 rings (SSSR count). The molecule has 0 bridgehead atoms. The summed E-state index contributed by atoms with van der Waals surface area (Å²) in [6, 6.07) is 16.6. The zero-order valence-corrected chi connectivity index (χ0v) is 19.4. The number of alkyl halides is 3. The normalized spacial score (nSPS) is 17.4. The van der Waals surface area contributed by atoms with E-state index in [4.69, 9.17) is 9.47 Å². The number of Topliss-reactive ketones (excluding diaryl/α,β-unsaturated/α-hetero) is 1. The predicted molar refractivity (Wildman–Crippen MR) is 125 cm³/mol. The Labute approximate surface area is 205 Å². The van der Waals surface area contributed by atoms with Gasteiger partial charge in [0.2, 0.25) is 0 Å². The lowest BCUT2D eigenvalue weighted by Gasteiger charge is -2.25. The highest BCUT2D eigenvalue weighted by molar-refractivity contribution is 6.46. The third-order valence-electron chi connectivity index (χ3n) is 5.92. The fraction of sp³-hybridized carbons (Fsp3) is 0.185. The second-order valence-electron chi connectivity index (χ2n) is 8.11. The number of carbonyl (C=O) groups is 2. The number of carbonyl (C=O) groups excluding carboxylic acids is 2. The Morgan fingerprint density at radius 2 is 1.61 bits per heavy atom. The molecule has 3 aromatic rings. The number of ketones is 1. The van der Waals surface area contributed by atoms with Crippen LogP contribution in [0.5, 0.6) is 11.5 Å². The molecule has 186 valence electrons. The van der Waals surface area contributed by atoms with Crippen molar-refractivity contribution in [2.75, 3.05) is 14.2 Å².